The minimum atomic E-state index is -0.393. The van der Waals surface area contributed by atoms with Gasteiger partial charge in [-0.05, 0) is 29.6 Å². The van der Waals surface area contributed by atoms with Crippen molar-refractivity contribution in [3.8, 4) is 11.5 Å². The van der Waals surface area contributed by atoms with Gasteiger partial charge in [0.05, 0.1) is 13.2 Å². The summed E-state index contributed by atoms with van der Waals surface area (Å²) in [6.07, 6.45) is -0.393. The first kappa shape index (κ1) is 18.7. The molecule has 1 saturated heterocycles. The van der Waals surface area contributed by atoms with Crippen LogP contribution in [0.4, 0.5) is 0 Å². The molecule has 0 amide bonds. The number of ether oxygens (including phenoxy) is 3. The Bertz CT molecular complexity index is 717. The maximum atomic E-state index is 10.2. The number of hydrogen-bond acceptors (Lipinski definition) is 5. The van der Waals surface area contributed by atoms with E-state index in [1.54, 1.807) is 16.2 Å². The Kier molecular flexibility index (Phi) is 6.26. The highest BCUT2D eigenvalue weighted by molar-refractivity contribution is 7.09. The molecule has 0 unspecified atom stereocenters. The van der Waals surface area contributed by atoms with Crippen LogP contribution in [0.5, 0.6) is 11.5 Å². The molecule has 1 atom stereocenters. The maximum Gasteiger partial charge on any atom is 0.231 e. The second-order valence-corrected chi connectivity index (χ2v) is 8.35. The van der Waals surface area contributed by atoms with E-state index in [0.717, 1.165) is 50.8 Å². The van der Waals surface area contributed by atoms with Gasteiger partial charge in [0.25, 0.3) is 0 Å². The van der Waals surface area contributed by atoms with Gasteiger partial charge in [0.15, 0.2) is 11.5 Å². The molecule has 0 radical (unpaired) electrons. The lowest BCUT2D eigenvalue weighted by atomic mass is 10.1. The van der Waals surface area contributed by atoms with E-state index in [2.05, 4.69) is 18.2 Å². The molecular formula is C20H28N2O4S+2. The number of quaternary nitrogens is 2. The van der Waals surface area contributed by atoms with Crippen molar-refractivity contribution in [1.82, 2.24) is 0 Å². The van der Waals surface area contributed by atoms with Crippen LogP contribution in [0.15, 0.2) is 35.7 Å². The van der Waals surface area contributed by atoms with Crippen LogP contribution >= 0.6 is 11.3 Å². The molecular weight excluding hydrogens is 364 g/mol. The van der Waals surface area contributed by atoms with E-state index < -0.39 is 6.10 Å². The van der Waals surface area contributed by atoms with E-state index in [1.807, 2.05) is 17.5 Å². The van der Waals surface area contributed by atoms with E-state index >= 15 is 0 Å². The Morgan fingerprint density at radius 1 is 1.07 bits per heavy atom. The molecule has 7 heteroatoms. The second-order valence-electron chi connectivity index (χ2n) is 7.32. The van der Waals surface area contributed by atoms with Gasteiger partial charge in [-0.2, -0.15) is 0 Å². The van der Waals surface area contributed by atoms with E-state index in [-0.39, 0.29) is 0 Å². The number of thiophene rings is 1. The van der Waals surface area contributed by atoms with Crippen molar-refractivity contribution in [2.75, 3.05) is 46.1 Å². The van der Waals surface area contributed by atoms with Crippen molar-refractivity contribution >= 4 is 11.3 Å². The van der Waals surface area contributed by atoms with E-state index in [4.69, 9.17) is 14.2 Å². The monoisotopic (exact) mass is 392 g/mol. The maximum absolute atomic E-state index is 10.2. The number of hydrogen-bond donors (Lipinski definition) is 3. The molecule has 3 N–H and O–H groups in total. The molecule has 1 aromatic carbocycles. The lowest BCUT2D eigenvalue weighted by Gasteiger charge is -2.30. The van der Waals surface area contributed by atoms with Gasteiger partial charge in [0.2, 0.25) is 6.79 Å². The highest BCUT2D eigenvalue weighted by Gasteiger charge is 2.25. The van der Waals surface area contributed by atoms with Crippen LogP contribution in [0.25, 0.3) is 0 Å². The van der Waals surface area contributed by atoms with Crippen molar-refractivity contribution in [1.29, 1.82) is 0 Å². The summed E-state index contributed by atoms with van der Waals surface area (Å²) < 4.78 is 16.5. The van der Waals surface area contributed by atoms with Crippen LogP contribution in [0.3, 0.4) is 0 Å². The van der Waals surface area contributed by atoms with Crippen molar-refractivity contribution < 1.29 is 29.1 Å². The van der Waals surface area contributed by atoms with Crippen molar-refractivity contribution in [2.45, 2.75) is 19.3 Å². The van der Waals surface area contributed by atoms with Crippen LogP contribution in [-0.2, 0) is 17.9 Å². The molecule has 3 heterocycles. The van der Waals surface area contributed by atoms with Crippen LogP contribution in [0.2, 0.25) is 0 Å². The summed E-state index contributed by atoms with van der Waals surface area (Å²) in [5.74, 6) is 1.71. The molecule has 27 heavy (non-hydrogen) atoms. The van der Waals surface area contributed by atoms with Gasteiger partial charge in [-0.25, -0.2) is 0 Å². The third-order valence-electron chi connectivity index (χ3n) is 5.21. The summed E-state index contributed by atoms with van der Waals surface area (Å²) in [4.78, 5) is 4.26. The zero-order chi connectivity index (χ0) is 18.5. The fraction of sp³-hybridized carbons (Fsp3) is 0.500. The van der Waals surface area contributed by atoms with Crippen LogP contribution in [0.1, 0.15) is 10.4 Å². The third-order valence-corrected chi connectivity index (χ3v) is 6.06. The largest absolute Gasteiger partial charge is 0.454 e. The number of aliphatic hydroxyl groups excluding tert-OH is 1. The first-order valence-electron chi connectivity index (χ1n) is 9.60. The van der Waals surface area contributed by atoms with Gasteiger partial charge >= 0.3 is 0 Å². The van der Waals surface area contributed by atoms with Gasteiger partial charge in [0.1, 0.15) is 45.4 Å². The molecule has 4 rings (SSSR count). The zero-order valence-electron chi connectivity index (χ0n) is 15.5. The fourth-order valence-corrected chi connectivity index (χ4v) is 4.40. The molecule has 2 aliphatic heterocycles. The number of nitrogens with one attached hydrogen (secondary N) is 2. The molecule has 6 nitrogen and oxygen atoms in total. The summed E-state index contributed by atoms with van der Waals surface area (Å²) in [5, 5.41) is 12.3. The molecule has 0 spiro atoms. The fourth-order valence-electron chi connectivity index (χ4n) is 3.76. The number of aliphatic hydroxyl groups is 1. The molecule has 146 valence electrons. The third kappa shape index (κ3) is 5.21. The summed E-state index contributed by atoms with van der Waals surface area (Å²) >= 11 is 1.69. The summed E-state index contributed by atoms with van der Waals surface area (Å²) in [7, 11) is 0. The predicted molar refractivity (Wildman–Crippen MR) is 103 cm³/mol. The minimum absolute atomic E-state index is 0.326. The molecule has 0 aliphatic carbocycles. The number of benzene rings is 1. The van der Waals surface area contributed by atoms with E-state index in [1.165, 1.54) is 15.3 Å². The van der Waals surface area contributed by atoms with E-state index in [9.17, 15) is 5.11 Å². The topological polar surface area (TPSA) is 56.8 Å². The Labute approximate surface area is 163 Å². The zero-order valence-corrected chi connectivity index (χ0v) is 16.3. The molecule has 2 aliphatic rings. The highest BCUT2D eigenvalue weighted by Crippen LogP contribution is 2.32. The number of fused-ring (bicyclic) bond motifs is 1. The standard InChI is InChI=1S/C20H26N2O4S/c23-17(13-24-14-18-2-1-9-27-18)12-22-7-5-21(6-8-22)11-16-3-4-19-20(10-16)26-15-25-19/h1-4,9-10,17,23H,5-8,11-15H2/p+2/t17-/m0/s1. The van der Waals surface area contributed by atoms with Gasteiger partial charge in [-0.3, -0.25) is 0 Å². The highest BCUT2D eigenvalue weighted by atomic mass is 32.1. The number of rotatable bonds is 8. The molecule has 0 bridgehead atoms. The lowest BCUT2D eigenvalue weighted by molar-refractivity contribution is -1.02. The predicted octanol–water partition coefficient (Wildman–Crippen LogP) is -0.662. The average Bonchev–Trinajstić information content (AvgIpc) is 3.34. The van der Waals surface area contributed by atoms with Crippen molar-refractivity contribution in [3.63, 3.8) is 0 Å². The Morgan fingerprint density at radius 3 is 2.70 bits per heavy atom. The van der Waals surface area contributed by atoms with Crippen LogP contribution < -0.4 is 19.3 Å². The van der Waals surface area contributed by atoms with Crippen LogP contribution in [0, 0.1) is 0 Å². The molecule has 1 fully saturated rings. The first-order valence-corrected chi connectivity index (χ1v) is 10.5. The normalized spacial score (nSPS) is 22.7. The van der Waals surface area contributed by atoms with Gasteiger partial charge in [0, 0.05) is 10.4 Å². The Morgan fingerprint density at radius 2 is 1.89 bits per heavy atom. The smallest absolute Gasteiger partial charge is 0.231 e. The summed E-state index contributed by atoms with van der Waals surface area (Å²) in [5.41, 5.74) is 1.29. The molecule has 1 aromatic heterocycles. The minimum Gasteiger partial charge on any atom is -0.454 e. The Hall–Kier alpha value is -1.64. The number of piperazine rings is 1. The van der Waals surface area contributed by atoms with E-state index in [0.29, 0.717) is 20.0 Å². The SMILES string of the molecule is O[C@H](COCc1cccs1)C[NH+]1CC[NH+](Cc2ccc3c(c2)OCO3)CC1. The summed E-state index contributed by atoms with van der Waals surface area (Å²) in [6, 6.07) is 10.3. The van der Waals surface area contributed by atoms with Crippen molar-refractivity contribution in [2.24, 2.45) is 0 Å². The van der Waals surface area contributed by atoms with Gasteiger partial charge in [-0.1, -0.05) is 6.07 Å². The van der Waals surface area contributed by atoms with Crippen molar-refractivity contribution in [3.05, 3.63) is 46.2 Å². The Balaban J connectivity index is 1.15. The van der Waals surface area contributed by atoms with Gasteiger partial charge < -0.3 is 29.1 Å². The second kappa shape index (κ2) is 9.03. The first-order chi connectivity index (χ1) is 13.3. The summed E-state index contributed by atoms with van der Waals surface area (Å²) in [6.45, 7) is 7.51. The molecule has 0 saturated carbocycles. The lowest BCUT2D eigenvalue weighted by Crippen LogP contribution is -3.28. The molecule has 2 aromatic rings. The average molecular weight is 393 g/mol. The van der Waals surface area contributed by atoms with Gasteiger partial charge in [-0.15, -0.1) is 11.3 Å². The quantitative estimate of drug-likeness (QED) is 0.558. The van der Waals surface area contributed by atoms with Crippen LogP contribution in [-0.4, -0.2) is 57.3 Å².